The molecule has 1 saturated heterocycles. The van der Waals surface area contributed by atoms with E-state index < -0.39 is 9.84 Å². The zero-order chi connectivity index (χ0) is 15.6. The third-order valence-corrected chi connectivity index (χ3v) is 4.37. The molecule has 0 radical (unpaired) electrons. The lowest BCUT2D eigenvalue weighted by Crippen LogP contribution is -2.49. The van der Waals surface area contributed by atoms with Crippen molar-refractivity contribution in [2.24, 2.45) is 0 Å². The maximum absolute atomic E-state index is 12.2. The van der Waals surface area contributed by atoms with Crippen molar-refractivity contribution >= 4 is 21.6 Å². The van der Waals surface area contributed by atoms with Gasteiger partial charge in [0.25, 0.3) is 0 Å². The van der Waals surface area contributed by atoms with E-state index in [9.17, 15) is 13.2 Å². The zero-order valence-electron chi connectivity index (χ0n) is 12.4. The van der Waals surface area contributed by atoms with Gasteiger partial charge in [-0.3, -0.25) is 0 Å². The molecular formula is C14H20N2O4S. The Labute approximate surface area is 125 Å². The number of hydrogen-bond donors (Lipinski definition) is 1. The summed E-state index contributed by atoms with van der Waals surface area (Å²) in [6.45, 7) is 4.93. The molecule has 2 amide bonds. The lowest BCUT2D eigenvalue weighted by molar-refractivity contribution is -0.0530. The van der Waals surface area contributed by atoms with Crippen molar-refractivity contribution in [1.82, 2.24) is 4.90 Å². The van der Waals surface area contributed by atoms with Crippen LogP contribution in [0, 0.1) is 0 Å². The predicted molar refractivity (Wildman–Crippen MR) is 80.2 cm³/mol. The zero-order valence-corrected chi connectivity index (χ0v) is 13.2. The number of carbonyl (C=O) groups is 1. The molecule has 1 aromatic carbocycles. The van der Waals surface area contributed by atoms with Crippen molar-refractivity contribution < 1.29 is 17.9 Å². The molecule has 0 spiro atoms. The largest absolute Gasteiger partial charge is 0.372 e. The normalized spacial score (nSPS) is 22.9. The van der Waals surface area contributed by atoms with Gasteiger partial charge in [0.05, 0.1) is 17.1 Å². The smallest absolute Gasteiger partial charge is 0.322 e. The first-order valence-corrected chi connectivity index (χ1v) is 8.66. The molecule has 21 heavy (non-hydrogen) atoms. The van der Waals surface area contributed by atoms with E-state index in [0.29, 0.717) is 18.8 Å². The van der Waals surface area contributed by atoms with Crippen LogP contribution in [0.5, 0.6) is 0 Å². The predicted octanol–water partition coefficient (Wildman–Crippen LogP) is 1.73. The molecular weight excluding hydrogens is 292 g/mol. The first-order chi connectivity index (χ1) is 9.75. The van der Waals surface area contributed by atoms with E-state index in [2.05, 4.69) is 5.32 Å². The van der Waals surface area contributed by atoms with E-state index in [1.165, 1.54) is 12.1 Å². The van der Waals surface area contributed by atoms with Gasteiger partial charge in [0.1, 0.15) is 0 Å². The van der Waals surface area contributed by atoms with Crippen LogP contribution < -0.4 is 5.32 Å². The number of anilines is 1. The van der Waals surface area contributed by atoms with Crippen LogP contribution in [0.15, 0.2) is 29.2 Å². The van der Waals surface area contributed by atoms with Crippen LogP contribution in [0.2, 0.25) is 0 Å². The highest BCUT2D eigenvalue weighted by molar-refractivity contribution is 7.90. The lowest BCUT2D eigenvalue weighted by atomic mass is 10.2. The number of ether oxygens (including phenoxy) is 1. The fourth-order valence-electron chi connectivity index (χ4n) is 2.33. The number of benzene rings is 1. The molecule has 0 aliphatic carbocycles. The van der Waals surface area contributed by atoms with Crippen LogP contribution >= 0.6 is 0 Å². The fourth-order valence-corrected chi connectivity index (χ4v) is 2.96. The number of hydrogen-bond acceptors (Lipinski definition) is 4. The second-order valence-electron chi connectivity index (χ2n) is 5.39. The van der Waals surface area contributed by atoms with E-state index in [4.69, 9.17) is 4.74 Å². The Balaban J connectivity index is 2.03. The lowest BCUT2D eigenvalue weighted by Gasteiger charge is -2.35. The second kappa shape index (κ2) is 6.03. The Morgan fingerprint density at radius 3 is 2.19 bits per heavy atom. The molecule has 0 bridgehead atoms. The highest BCUT2D eigenvalue weighted by atomic mass is 32.2. The summed E-state index contributed by atoms with van der Waals surface area (Å²) in [4.78, 5) is 14.1. The van der Waals surface area contributed by atoms with Crippen LogP contribution in [-0.4, -0.2) is 50.9 Å². The number of nitrogens with one attached hydrogen (secondary N) is 1. The summed E-state index contributed by atoms with van der Waals surface area (Å²) in [6, 6.07) is 5.93. The molecule has 1 aromatic rings. The van der Waals surface area contributed by atoms with Gasteiger partial charge < -0.3 is 15.0 Å². The molecule has 2 atom stereocenters. The van der Waals surface area contributed by atoms with Gasteiger partial charge in [-0.15, -0.1) is 0 Å². The average molecular weight is 312 g/mol. The molecule has 1 aliphatic rings. The second-order valence-corrected chi connectivity index (χ2v) is 7.40. The van der Waals surface area contributed by atoms with Crippen LogP contribution in [0.4, 0.5) is 10.5 Å². The summed E-state index contributed by atoms with van der Waals surface area (Å²) in [5, 5.41) is 2.77. The summed E-state index contributed by atoms with van der Waals surface area (Å²) >= 11 is 0. The summed E-state index contributed by atoms with van der Waals surface area (Å²) < 4.78 is 28.3. The summed E-state index contributed by atoms with van der Waals surface area (Å²) in [6.07, 6.45) is 1.16. The minimum atomic E-state index is -3.22. The molecule has 0 saturated carbocycles. The molecule has 1 heterocycles. The first-order valence-electron chi connectivity index (χ1n) is 6.77. The average Bonchev–Trinajstić information content (AvgIpc) is 2.37. The van der Waals surface area contributed by atoms with Gasteiger partial charge in [-0.25, -0.2) is 13.2 Å². The molecule has 1 fully saturated rings. The third-order valence-electron chi connectivity index (χ3n) is 3.24. The molecule has 0 aromatic heterocycles. The first kappa shape index (κ1) is 15.8. The minimum absolute atomic E-state index is 0.00658. The van der Waals surface area contributed by atoms with Crippen LogP contribution in [0.25, 0.3) is 0 Å². The van der Waals surface area contributed by atoms with Crippen molar-refractivity contribution in [2.75, 3.05) is 24.7 Å². The number of carbonyl (C=O) groups excluding carboxylic acids is 1. The van der Waals surface area contributed by atoms with E-state index in [1.54, 1.807) is 17.0 Å². The van der Waals surface area contributed by atoms with Gasteiger partial charge in [0, 0.05) is 25.0 Å². The Morgan fingerprint density at radius 1 is 1.19 bits per heavy atom. The highest BCUT2D eigenvalue weighted by Gasteiger charge is 2.25. The molecule has 0 unspecified atom stereocenters. The summed E-state index contributed by atoms with van der Waals surface area (Å²) in [5.74, 6) is 0. The van der Waals surface area contributed by atoms with Crippen LogP contribution in [0.3, 0.4) is 0 Å². The van der Waals surface area contributed by atoms with Gasteiger partial charge in [-0.05, 0) is 38.1 Å². The molecule has 2 rings (SSSR count). The van der Waals surface area contributed by atoms with Crippen molar-refractivity contribution in [1.29, 1.82) is 0 Å². The SMILES string of the molecule is C[C@H]1CN(C(=O)Nc2ccc(S(C)(=O)=O)cc2)C[C@H](C)O1. The molecule has 1 N–H and O–H groups in total. The van der Waals surface area contributed by atoms with E-state index >= 15 is 0 Å². The van der Waals surface area contributed by atoms with E-state index in [-0.39, 0.29) is 23.1 Å². The van der Waals surface area contributed by atoms with Gasteiger partial charge >= 0.3 is 6.03 Å². The monoisotopic (exact) mass is 312 g/mol. The molecule has 116 valence electrons. The van der Waals surface area contributed by atoms with Gasteiger partial charge in [-0.2, -0.15) is 0 Å². The van der Waals surface area contributed by atoms with Crippen molar-refractivity contribution in [2.45, 2.75) is 31.0 Å². The van der Waals surface area contributed by atoms with Gasteiger partial charge in [0.15, 0.2) is 9.84 Å². The van der Waals surface area contributed by atoms with Gasteiger partial charge in [-0.1, -0.05) is 0 Å². The number of sulfone groups is 1. The highest BCUT2D eigenvalue weighted by Crippen LogP contribution is 2.16. The van der Waals surface area contributed by atoms with Crippen LogP contribution in [-0.2, 0) is 14.6 Å². The summed E-state index contributed by atoms with van der Waals surface area (Å²) in [5.41, 5.74) is 0.569. The topological polar surface area (TPSA) is 75.7 Å². The maximum atomic E-state index is 12.2. The molecule has 7 heteroatoms. The van der Waals surface area contributed by atoms with Crippen molar-refractivity contribution in [3.8, 4) is 0 Å². The number of morpholine rings is 1. The Bertz CT molecular complexity index is 602. The molecule has 1 aliphatic heterocycles. The Hall–Kier alpha value is -1.60. The number of rotatable bonds is 2. The molecule has 6 nitrogen and oxygen atoms in total. The fraction of sp³-hybridized carbons (Fsp3) is 0.500. The Kier molecular flexibility index (Phi) is 4.53. The third kappa shape index (κ3) is 4.18. The van der Waals surface area contributed by atoms with Crippen LogP contribution in [0.1, 0.15) is 13.8 Å². The number of urea groups is 1. The van der Waals surface area contributed by atoms with E-state index in [0.717, 1.165) is 6.26 Å². The number of amides is 2. The van der Waals surface area contributed by atoms with E-state index in [1.807, 2.05) is 13.8 Å². The Morgan fingerprint density at radius 2 is 1.71 bits per heavy atom. The minimum Gasteiger partial charge on any atom is -0.372 e. The maximum Gasteiger partial charge on any atom is 0.322 e. The van der Waals surface area contributed by atoms with Crippen molar-refractivity contribution in [3.63, 3.8) is 0 Å². The van der Waals surface area contributed by atoms with Crippen molar-refractivity contribution in [3.05, 3.63) is 24.3 Å². The number of nitrogens with zero attached hydrogens (tertiary/aromatic N) is 1. The quantitative estimate of drug-likeness (QED) is 0.902. The van der Waals surface area contributed by atoms with Gasteiger partial charge in [0.2, 0.25) is 0 Å². The summed E-state index contributed by atoms with van der Waals surface area (Å²) in [7, 11) is -3.22. The standard InChI is InChI=1S/C14H20N2O4S/c1-10-8-16(9-11(2)20-10)14(17)15-12-4-6-13(7-5-12)21(3,18)19/h4-7,10-11H,8-9H2,1-3H3,(H,15,17)/t10-,11-/m0/s1.